The topological polar surface area (TPSA) is 0 Å². The summed E-state index contributed by atoms with van der Waals surface area (Å²) in [6, 6.07) is 8.52. The maximum Gasteiger partial charge on any atom is -0.0150 e. The first kappa shape index (κ1) is 16.4. The van der Waals surface area contributed by atoms with Crippen LogP contribution < -0.4 is 0 Å². The van der Waals surface area contributed by atoms with Crippen LogP contribution in [0, 0.1) is 0 Å². The maximum absolute atomic E-state index is 3.89. The van der Waals surface area contributed by atoms with Gasteiger partial charge in [0.25, 0.3) is 0 Å². The monoisotopic (exact) mass is 242 g/mol. The lowest BCUT2D eigenvalue weighted by atomic mass is 9.92. The van der Waals surface area contributed by atoms with Crippen molar-refractivity contribution in [2.75, 3.05) is 0 Å². The summed E-state index contributed by atoms with van der Waals surface area (Å²) >= 11 is 0. The lowest BCUT2D eigenvalue weighted by Crippen LogP contribution is -1.94. The molecule has 18 heavy (non-hydrogen) atoms. The first-order valence-corrected chi connectivity index (χ1v) is 6.75. The van der Waals surface area contributed by atoms with Gasteiger partial charge in [-0.1, -0.05) is 82.8 Å². The smallest absolute Gasteiger partial charge is 0.0150 e. The van der Waals surface area contributed by atoms with Gasteiger partial charge in [0.15, 0.2) is 0 Å². The largest absolute Gasteiger partial charge is 0.0984 e. The lowest BCUT2D eigenvalue weighted by molar-refractivity contribution is 0.863. The average Bonchev–Trinajstić information content (AvgIpc) is 2.42. The van der Waals surface area contributed by atoms with Crippen molar-refractivity contribution in [2.24, 2.45) is 0 Å². The van der Waals surface area contributed by atoms with Crippen molar-refractivity contribution >= 4 is 5.57 Å². The van der Waals surface area contributed by atoms with Crippen molar-refractivity contribution < 1.29 is 0 Å². The molecule has 0 N–H and O–H groups in total. The molecule has 1 aromatic rings. The van der Waals surface area contributed by atoms with E-state index < -0.39 is 0 Å². The van der Waals surface area contributed by atoms with E-state index in [-0.39, 0.29) is 0 Å². The van der Waals surface area contributed by atoms with Crippen LogP contribution in [0.25, 0.3) is 5.57 Å². The van der Waals surface area contributed by atoms with Gasteiger partial charge in [-0.3, -0.25) is 0 Å². The van der Waals surface area contributed by atoms with Gasteiger partial charge in [0.05, 0.1) is 0 Å². The average molecular weight is 242 g/mol. The van der Waals surface area contributed by atoms with Crippen LogP contribution in [0.2, 0.25) is 0 Å². The lowest BCUT2D eigenvalue weighted by Gasteiger charge is -2.12. The number of benzene rings is 1. The Morgan fingerprint density at radius 3 is 2.28 bits per heavy atom. The Hall–Kier alpha value is -1.56. The Balaban J connectivity index is 0.00000137. The number of hydrogen-bond donors (Lipinski definition) is 0. The second kappa shape index (κ2) is 9.47. The predicted molar refractivity (Wildman–Crippen MR) is 84.9 cm³/mol. The molecule has 0 radical (unpaired) electrons. The minimum absolute atomic E-state index is 0.533. The highest BCUT2D eigenvalue weighted by Gasteiger charge is 2.06. The standard InChI is InChI=1S/C16H20.C2H6/c1-5-7-10-14(6-2)16-12-9-8-11-15(16)13(3)4;1-2/h5-13H,2H2,1,3-4H3;1-2H3/b7-5-,14-10+;. The van der Waals surface area contributed by atoms with Crippen LogP contribution in [0.3, 0.4) is 0 Å². The first-order valence-electron chi connectivity index (χ1n) is 6.75. The molecule has 0 amide bonds. The van der Waals surface area contributed by atoms with Crippen molar-refractivity contribution in [1.29, 1.82) is 0 Å². The molecule has 0 fully saturated rings. The fourth-order valence-electron chi connectivity index (χ4n) is 1.73. The number of allylic oxidation sites excluding steroid dienone is 5. The van der Waals surface area contributed by atoms with Crippen molar-refractivity contribution in [2.45, 2.75) is 40.5 Å². The normalized spacial score (nSPS) is 11.3. The molecule has 0 atom stereocenters. The summed E-state index contributed by atoms with van der Waals surface area (Å²) in [6.45, 7) is 14.3. The summed E-state index contributed by atoms with van der Waals surface area (Å²) in [4.78, 5) is 0. The summed E-state index contributed by atoms with van der Waals surface area (Å²) in [6.07, 6.45) is 8.10. The molecule has 0 saturated heterocycles. The van der Waals surface area contributed by atoms with Crippen LogP contribution in [0.1, 0.15) is 51.7 Å². The van der Waals surface area contributed by atoms with Crippen LogP contribution in [0.4, 0.5) is 0 Å². The van der Waals surface area contributed by atoms with Crippen LogP contribution >= 0.6 is 0 Å². The molecule has 0 bridgehead atoms. The van der Waals surface area contributed by atoms with Gasteiger partial charge in [-0.15, -0.1) is 0 Å². The number of rotatable bonds is 4. The highest BCUT2D eigenvalue weighted by Crippen LogP contribution is 2.26. The zero-order valence-corrected chi connectivity index (χ0v) is 12.4. The van der Waals surface area contributed by atoms with Crippen LogP contribution in [-0.4, -0.2) is 0 Å². The van der Waals surface area contributed by atoms with Crippen LogP contribution in [0.15, 0.2) is 55.1 Å². The molecular formula is C18H26. The Bertz CT molecular complexity index is 406. The third-order valence-electron chi connectivity index (χ3n) is 2.58. The zero-order valence-electron chi connectivity index (χ0n) is 12.4. The fraction of sp³-hybridized carbons (Fsp3) is 0.333. The zero-order chi connectivity index (χ0) is 14.0. The Morgan fingerprint density at radius 2 is 1.78 bits per heavy atom. The van der Waals surface area contributed by atoms with Gasteiger partial charge in [0, 0.05) is 0 Å². The van der Waals surface area contributed by atoms with Gasteiger partial charge in [-0.25, -0.2) is 0 Å². The first-order chi connectivity index (χ1) is 8.70. The van der Waals surface area contributed by atoms with Crippen LogP contribution in [-0.2, 0) is 0 Å². The van der Waals surface area contributed by atoms with Crippen molar-refractivity contribution in [3.8, 4) is 0 Å². The molecule has 0 aliphatic heterocycles. The Morgan fingerprint density at radius 1 is 1.17 bits per heavy atom. The molecule has 0 saturated carbocycles. The second-order valence-corrected chi connectivity index (χ2v) is 4.09. The van der Waals surface area contributed by atoms with Crippen LogP contribution in [0.5, 0.6) is 0 Å². The van der Waals surface area contributed by atoms with E-state index in [4.69, 9.17) is 0 Å². The van der Waals surface area contributed by atoms with E-state index in [2.05, 4.69) is 50.8 Å². The summed E-state index contributed by atoms with van der Waals surface area (Å²) in [5.74, 6) is 0.533. The van der Waals surface area contributed by atoms with E-state index in [1.807, 2.05) is 39.0 Å². The van der Waals surface area contributed by atoms with Gasteiger partial charge < -0.3 is 0 Å². The number of hydrogen-bond acceptors (Lipinski definition) is 0. The van der Waals surface area contributed by atoms with Gasteiger partial charge in [-0.2, -0.15) is 0 Å². The van der Waals surface area contributed by atoms with Crippen molar-refractivity contribution in [1.82, 2.24) is 0 Å². The molecule has 0 aromatic heterocycles. The molecule has 0 unspecified atom stereocenters. The van der Waals surface area contributed by atoms with Crippen molar-refractivity contribution in [3.05, 3.63) is 66.3 Å². The van der Waals surface area contributed by atoms with Gasteiger partial charge in [-0.05, 0) is 29.5 Å². The molecule has 0 aliphatic carbocycles. The Kier molecular flexibility index (Phi) is 8.65. The summed E-state index contributed by atoms with van der Waals surface area (Å²) in [5.41, 5.74) is 3.84. The molecular weight excluding hydrogens is 216 g/mol. The molecule has 98 valence electrons. The highest BCUT2D eigenvalue weighted by atomic mass is 14.1. The van der Waals surface area contributed by atoms with E-state index >= 15 is 0 Å². The van der Waals surface area contributed by atoms with Gasteiger partial charge >= 0.3 is 0 Å². The molecule has 0 heterocycles. The SMILES string of the molecule is C=C/C(=C\C=C/C)c1ccccc1C(C)C.CC. The Labute approximate surface area is 113 Å². The van der Waals surface area contributed by atoms with E-state index in [0.717, 1.165) is 0 Å². The third kappa shape index (κ3) is 4.75. The fourth-order valence-corrected chi connectivity index (χ4v) is 1.73. The van der Waals surface area contributed by atoms with Gasteiger partial charge in [0.2, 0.25) is 0 Å². The third-order valence-corrected chi connectivity index (χ3v) is 2.58. The quantitative estimate of drug-likeness (QED) is 0.569. The summed E-state index contributed by atoms with van der Waals surface area (Å²) in [5, 5.41) is 0. The molecule has 0 nitrogen and oxygen atoms in total. The minimum atomic E-state index is 0.533. The van der Waals surface area contributed by atoms with E-state index in [9.17, 15) is 0 Å². The van der Waals surface area contributed by atoms with Gasteiger partial charge in [0.1, 0.15) is 0 Å². The molecule has 1 aromatic carbocycles. The molecule has 1 rings (SSSR count). The summed E-state index contributed by atoms with van der Waals surface area (Å²) < 4.78 is 0. The second-order valence-electron chi connectivity index (χ2n) is 4.09. The maximum atomic E-state index is 3.89. The highest BCUT2D eigenvalue weighted by molar-refractivity contribution is 5.77. The van der Waals surface area contributed by atoms with E-state index in [1.165, 1.54) is 16.7 Å². The van der Waals surface area contributed by atoms with Crippen molar-refractivity contribution in [3.63, 3.8) is 0 Å². The molecule has 0 aliphatic rings. The van der Waals surface area contributed by atoms with E-state index in [0.29, 0.717) is 5.92 Å². The summed E-state index contributed by atoms with van der Waals surface area (Å²) in [7, 11) is 0. The minimum Gasteiger partial charge on any atom is -0.0984 e. The van der Waals surface area contributed by atoms with E-state index in [1.54, 1.807) is 0 Å². The molecule has 0 spiro atoms. The molecule has 0 heteroatoms. The predicted octanol–water partition coefficient (Wildman–Crippen LogP) is 5.98.